The number of hydrogen-bond donors (Lipinski definition) is 1. The second kappa shape index (κ2) is 7.79. The molecule has 0 radical (unpaired) electrons. The lowest BCUT2D eigenvalue weighted by atomic mass is 10.1. The monoisotopic (exact) mass is 320 g/mol. The molecule has 6 heteroatoms. The summed E-state index contributed by atoms with van der Waals surface area (Å²) in [7, 11) is 1.64. The Labute approximate surface area is 133 Å². The van der Waals surface area contributed by atoms with Gasteiger partial charge in [0.05, 0.1) is 7.11 Å². The van der Waals surface area contributed by atoms with Crippen LogP contribution in [0.1, 0.15) is 17.7 Å². The van der Waals surface area contributed by atoms with Crippen molar-refractivity contribution in [3.63, 3.8) is 0 Å². The van der Waals surface area contributed by atoms with Gasteiger partial charge in [-0.25, -0.2) is 0 Å². The fourth-order valence-corrected chi connectivity index (χ4v) is 2.84. The number of carbonyl (C=O) groups excluding carboxylic acids is 1. The number of nitrogens with zero attached hydrogens (tertiary/aromatic N) is 1. The highest BCUT2D eigenvalue weighted by Crippen LogP contribution is 2.12. The first-order valence-corrected chi connectivity index (χ1v) is 8.02. The fraction of sp³-hybridized carbons (Fsp3) is 0.375. The van der Waals surface area contributed by atoms with E-state index in [0.717, 1.165) is 35.6 Å². The first kappa shape index (κ1) is 16.3. The van der Waals surface area contributed by atoms with Gasteiger partial charge in [0.2, 0.25) is 5.91 Å². The summed E-state index contributed by atoms with van der Waals surface area (Å²) in [5.41, 5.74) is 2.03. The van der Waals surface area contributed by atoms with Gasteiger partial charge < -0.3 is 10.1 Å². The second-order valence-corrected chi connectivity index (χ2v) is 5.85. The van der Waals surface area contributed by atoms with Gasteiger partial charge in [0.25, 0.3) is 0 Å². The number of ether oxygens (including phenoxy) is 1. The summed E-state index contributed by atoms with van der Waals surface area (Å²) >= 11 is 1.12. The summed E-state index contributed by atoms with van der Waals surface area (Å²) in [5, 5.41) is 4.61. The van der Waals surface area contributed by atoms with E-state index in [-0.39, 0.29) is 17.3 Å². The van der Waals surface area contributed by atoms with Crippen LogP contribution in [-0.2, 0) is 17.8 Å². The van der Waals surface area contributed by atoms with Crippen molar-refractivity contribution in [2.45, 2.75) is 26.3 Å². The lowest BCUT2D eigenvalue weighted by molar-refractivity contribution is -0.121. The quantitative estimate of drug-likeness (QED) is 0.794. The summed E-state index contributed by atoms with van der Waals surface area (Å²) in [6.45, 7) is 2.52. The molecule has 2 aromatic rings. The van der Waals surface area contributed by atoms with Crippen LogP contribution in [0.25, 0.3) is 0 Å². The van der Waals surface area contributed by atoms with Crippen molar-refractivity contribution in [1.82, 2.24) is 9.88 Å². The van der Waals surface area contributed by atoms with Crippen LogP contribution in [-0.4, -0.2) is 24.1 Å². The highest BCUT2D eigenvalue weighted by Gasteiger charge is 2.07. The molecular formula is C16H20N2O3S. The average Bonchev–Trinajstić information content (AvgIpc) is 2.84. The zero-order valence-corrected chi connectivity index (χ0v) is 13.6. The standard InChI is InChI=1S/C16H20N2O3S/c1-12-11-22-16(20)18(12)10-15(19)17-9-3-4-13-5-7-14(21-2)8-6-13/h5-8,11H,3-4,9-10H2,1-2H3,(H,17,19). The number of nitrogens with one attached hydrogen (secondary N) is 1. The third kappa shape index (κ3) is 4.46. The average molecular weight is 320 g/mol. The van der Waals surface area contributed by atoms with Gasteiger partial charge in [0, 0.05) is 17.6 Å². The highest BCUT2D eigenvalue weighted by molar-refractivity contribution is 7.07. The van der Waals surface area contributed by atoms with E-state index in [1.165, 1.54) is 10.1 Å². The second-order valence-electron chi connectivity index (χ2n) is 5.03. The predicted molar refractivity (Wildman–Crippen MR) is 87.6 cm³/mol. The number of rotatable bonds is 7. The molecular weight excluding hydrogens is 300 g/mol. The summed E-state index contributed by atoms with van der Waals surface area (Å²) in [6.07, 6.45) is 1.75. The lowest BCUT2D eigenvalue weighted by Crippen LogP contribution is -2.31. The Morgan fingerprint density at radius 2 is 2.05 bits per heavy atom. The van der Waals surface area contributed by atoms with Crippen LogP contribution < -0.4 is 14.9 Å². The molecule has 5 nitrogen and oxygen atoms in total. The maximum atomic E-state index is 11.8. The Kier molecular flexibility index (Phi) is 5.77. The molecule has 1 aromatic heterocycles. The Morgan fingerprint density at radius 1 is 1.32 bits per heavy atom. The third-order valence-electron chi connectivity index (χ3n) is 3.40. The zero-order chi connectivity index (χ0) is 15.9. The van der Waals surface area contributed by atoms with E-state index in [1.54, 1.807) is 12.5 Å². The maximum Gasteiger partial charge on any atom is 0.307 e. The van der Waals surface area contributed by atoms with Gasteiger partial charge in [0.15, 0.2) is 0 Å². The predicted octanol–water partition coefficient (Wildman–Crippen LogP) is 1.98. The van der Waals surface area contributed by atoms with Crippen molar-refractivity contribution in [2.24, 2.45) is 0 Å². The minimum Gasteiger partial charge on any atom is -0.497 e. The first-order chi connectivity index (χ1) is 10.6. The molecule has 2 rings (SSSR count). The number of carbonyl (C=O) groups is 1. The number of benzene rings is 1. The number of hydrogen-bond acceptors (Lipinski definition) is 4. The largest absolute Gasteiger partial charge is 0.497 e. The smallest absolute Gasteiger partial charge is 0.307 e. The van der Waals surface area contributed by atoms with Crippen LogP contribution in [0, 0.1) is 6.92 Å². The lowest BCUT2D eigenvalue weighted by Gasteiger charge is -2.07. The van der Waals surface area contributed by atoms with Crippen LogP contribution in [0.5, 0.6) is 5.75 Å². The Hall–Kier alpha value is -2.08. The SMILES string of the molecule is COc1ccc(CCCNC(=O)Cn2c(C)csc2=O)cc1. The van der Waals surface area contributed by atoms with Gasteiger partial charge in [-0.15, -0.1) is 0 Å². The Morgan fingerprint density at radius 3 is 2.64 bits per heavy atom. The van der Waals surface area contributed by atoms with Crippen molar-refractivity contribution < 1.29 is 9.53 Å². The molecule has 1 aromatic carbocycles. The normalized spacial score (nSPS) is 10.5. The number of methoxy groups -OCH3 is 1. The van der Waals surface area contributed by atoms with Crippen LogP contribution in [0.15, 0.2) is 34.4 Å². The molecule has 1 N–H and O–H groups in total. The van der Waals surface area contributed by atoms with Gasteiger partial charge in [-0.05, 0) is 37.5 Å². The van der Waals surface area contributed by atoms with Crippen molar-refractivity contribution in [3.05, 3.63) is 50.6 Å². The summed E-state index contributed by atoms with van der Waals surface area (Å²) < 4.78 is 6.60. The molecule has 0 spiro atoms. The topological polar surface area (TPSA) is 60.3 Å². The molecule has 0 aliphatic rings. The van der Waals surface area contributed by atoms with Crippen molar-refractivity contribution in [1.29, 1.82) is 0 Å². The third-order valence-corrected chi connectivity index (χ3v) is 4.28. The van der Waals surface area contributed by atoms with Crippen LogP contribution in [0.3, 0.4) is 0 Å². The molecule has 0 aliphatic carbocycles. The minimum atomic E-state index is -0.127. The molecule has 118 valence electrons. The molecule has 1 amide bonds. The molecule has 1 heterocycles. The molecule has 0 fully saturated rings. The van der Waals surface area contributed by atoms with Crippen LogP contribution in [0.2, 0.25) is 0 Å². The van der Waals surface area contributed by atoms with E-state index >= 15 is 0 Å². The highest BCUT2D eigenvalue weighted by atomic mass is 32.1. The summed E-state index contributed by atoms with van der Waals surface area (Å²) in [4.78, 5) is 23.3. The molecule has 0 aliphatic heterocycles. The molecule has 0 saturated heterocycles. The molecule has 0 bridgehead atoms. The van der Waals surface area contributed by atoms with E-state index in [9.17, 15) is 9.59 Å². The molecule has 0 saturated carbocycles. The summed E-state index contributed by atoms with van der Waals surface area (Å²) in [5.74, 6) is 0.715. The minimum absolute atomic E-state index is 0.0918. The zero-order valence-electron chi connectivity index (χ0n) is 12.8. The number of aromatic nitrogens is 1. The van der Waals surface area contributed by atoms with Gasteiger partial charge in [-0.3, -0.25) is 14.2 Å². The Balaban J connectivity index is 1.72. The summed E-state index contributed by atoms with van der Waals surface area (Å²) in [6, 6.07) is 7.91. The molecule has 22 heavy (non-hydrogen) atoms. The van der Waals surface area contributed by atoms with E-state index in [1.807, 2.05) is 31.2 Å². The maximum absolute atomic E-state index is 11.8. The van der Waals surface area contributed by atoms with Crippen LogP contribution >= 0.6 is 11.3 Å². The van der Waals surface area contributed by atoms with Crippen molar-refractivity contribution in [3.8, 4) is 5.75 Å². The van der Waals surface area contributed by atoms with Crippen LogP contribution in [0.4, 0.5) is 0 Å². The molecule has 0 unspecified atom stereocenters. The number of thiazole rings is 1. The Bertz CT molecular complexity index is 673. The van der Waals surface area contributed by atoms with E-state index in [4.69, 9.17) is 4.74 Å². The van der Waals surface area contributed by atoms with Crippen molar-refractivity contribution >= 4 is 17.2 Å². The first-order valence-electron chi connectivity index (χ1n) is 7.14. The van der Waals surface area contributed by atoms with Gasteiger partial charge in [-0.2, -0.15) is 0 Å². The van der Waals surface area contributed by atoms with Gasteiger partial charge in [0.1, 0.15) is 12.3 Å². The number of aryl methyl sites for hydroxylation is 2. The number of amides is 1. The van der Waals surface area contributed by atoms with Gasteiger partial charge in [-0.1, -0.05) is 23.5 Å². The van der Waals surface area contributed by atoms with E-state index in [0.29, 0.717) is 6.54 Å². The van der Waals surface area contributed by atoms with E-state index < -0.39 is 0 Å². The van der Waals surface area contributed by atoms with Crippen molar-refractivity contribution in [2.75, 3.05) is 13.7 Å². The fourth-order valence-electron chi connectivity index (χ4n) is 2.11. The van der Waals surface area contributed by atoms with Gasteiger partial charge >= 0.3 is 4.87 Å². The van der Waals surface area contributed by atoms with E-state index in [2.05, 4.69) is 5.32 Å². The molecule has 0 atom stereocenters.